The van der Waals surface area contributed by atoms with Gasteiger partial charge in [-0.1, -0.05) is 42.0 Å². The molecule has 3 rings (SSSR count). The van der Waals surface area contributed by atoms with Crippen LogP contribution in [0, 0.1) is 6.92 Å². The molecule has 6 heteroatoms. The summed E-state index contributed by atoms with van der Waals surface area (Å²) in [6.07, 6.45) is 1.78. The first-order valence-electron chi connectivity index (χ1n) is 9.63. The Morgan fingerprint density at radius 2 is 1.66 bits per heavy atom. The van der Waals surface area contributed by atoms with Crippen molar-refractivity contribution < 1.29 is 22.7 Å². The molecule has 0 unspecified atom stereocenters. The Bertz CT molecular complexity index is 971. The Hall–Kier alpha value is -2.44. The lowest BCUT2D eigenvalue weighted by Gasteiger charge is -2.21. The van der Waals surface area contributed by atoms with Crippen molar-refractivity contribution in [1.29, 1.82) is 0 Å². The number of carbonyl (C=O) groups excluding carboxylic acids is 1. The Kier molecular flexibility index (Phi) is 8.17. The molecule has 1 aliphatic rings. The van der Waals surface area contributed by atoms with Crippen molar-refractivity contribution in [2.45, 2.75) is 32.1 Å². The first-order chi connectivity index (χ1) is 13.8. The predicted molar refractivity (Wildman–Crippen MR) is 115 cm³/mol. The van der Waals surface area contributed by atoms with E-state index in [1.807, 2.05) is 45.0 Å². The normalized spacial score (nSPS) is 14.1. The summed E-state index contributed by atoms with van der Waals surface area (Å²) < 4.78 is 33.3. The van der Waals surface area contributed by atoms with E-state index in [2.05, 4.69) is 0 Å². The van der Waals surface area contributed by atoms with E-state index in [1.165, 1.54) is 6.26 Å². The fourth-order valence-corrected chi connectivity index (χ4v) is 3.69. The topological polar surface area (TPSA) is 69.7 Å². The highest BCUT2D eigenvalue weighted by atomic mass is 32.2. The molecule has 1 heterocycles. The van der Waals surface area contributed by atoms with Crippen LogP contribution in [0.4, 0.5) is 0 Å². The largest absolute Gasteiger partial charge is 0.462 e. The third kappa shape index (κ3) is 6.27. The summed E-state index contributed by atoms with van der Waals surface area (Å²) in [5.41, 5.74) is 4.16. The lowest BCUT2D eigenvalue weighted by atomic mass is 9.90. The smallest absolute Gasteiger partial charge is 0.339 e. The summed E-state index contributed by atoms with van der Waals surface area (Å²) in [6, 6.07) is 14.4. The first kappa shape index (κ1) is 22.8. The van der Waals surface area contributed by atoms with Gasteiger partial charge in [-0.25, -0.2) is 13.2 Å². The van der Waals surface area contributed by atoms with Crippen LogP contribution >= 0.6 is 0 Å². The molecular formula is C23H28O5S. The molecule has 0 aromatic heterocycles. The number of hydrogen-bond donors (Lipinski definition) is 0. The van der Waals surface area contributed by atoms with Gasteiger partial charge in [-0.2, -0.15) is 0 Å². The number of aryl methyl sites for hydroxylation is 1. The summed E-state index contributed by atoms with van der Waals surface area (Å²) in [7, 11) is -3.24. The minimum Gasteiger partial charge on any atom is -0.462 e. The molecule has 0 N–H and O–H groups in total. The van der Waals surface area contributed by atoms with Gasteiger partial charge >= 0.3 is 5.97 Å². The summed E-state index contributed by atoms with van der Waals surface area (Å²) in [5, 5.41) is 0. The Labute approximate surface area is 173 Å². The van der Waals surface area contributed by atoms with E-state index in [0.29, 0.717) is 18.6 Å². The predicted octanol–water partition coefficient (Wildman–Crippen LogP) is 4.30. The monoisotopic (exact) mass is 416 g/mol. The van der Waals surface area contributed by atoms with Gasteiger partial charge in [0.05, 0.1) is 17.1 Å². The highest BCUT2D eigenvalue weighted by molar-refractivity contribution is 7.90. The average Bonchev–Trinajstić information content (AvgIpc) is 2.68. The number of sulfone groups is 1. The first-order valence-corrected chi connectivity index (χ1v) is 11.5. The van der Waals surface area contributed by atoms with Crippen LogP contribution in [-0.2, 0) is 24.1 Å². The zero-order valence-electron chi connectivity index (χ0n) is 17.4. The molecule has 0 fully saturated rings. The van der Waals surface area contributed by atoms with Gasteiger partial charge in [-0.3, -0.25) is 0 Å². The zero-order valence-corrected chi connectivity index (χ0v) is 18.2. The van der Waals surface area contributed by atoms with Gasteiger partial charge in [-0.05, 0) is 49.6 Å². The second kappa shape index (κ2) is 10.4. The SMILES string of the molecule is CCOCC.Cc1cccc(C2=C(c3ccc(S(C)(=O)=O)cc3)CCOC2=O)c1. The van der Waals surface area contributed by atoms with E-state index in [1.54, 1.807) is 24.3 Å². The summed E-state index contributed by atoms with van der Waals surface area (Å²) in [6.45, 7) is 7.97. The Morgan fingerprint density at radius 3 is 2.17 bits per heavy atom. The number of benzene rings is 2. The summed E-state index contributed by atoms with van der Waals surface area (Å²) in [4.78, 5) is 12.6. The number of rotatable bonds is 5. The number of hydrogen-bond acceptors (Lipinski definition) is 5. The van der Waals surface area contributed by atoms with Gasteiger partial charge in [0.1, 0.15) is 0 Å². The highest BCUT2D eigenvalue weighted by Gasteiger charge is 2.24. The van der Waals surface area contributed by atoms with Gasteiger partial charge in [0.25, 0.3) is 0 Å². The number of esters is 1. The minimum absolute atomic E-state index is 0.266. The fourth-order valence-electron chi connectivity index (χ4n) is 3.05. The number of ether oxygens (including phenoxy) is 2. The van der Waals surface area contributed by atoms with Crippen molar-refractivity contribution in [3.63, 3.8) is 0 Å². The van der Waals surface area contributed by atoms with Crippen molar-refractivity contribution >= 4 is 27.0 Å². The Morgan fingerprint density at radius 1 is 1.00 bits per heavy atom. The molecule has 0 aliphatic carbocycles. The Balaban J connectivity index is 0.000000537. The highest BCUT2D eigenvalue weighted by Crippen LogP contribution is 2.34. The van der Waals surface area contributed by atoms with E-state index in [0.717, 1.165) is 35.5 Å². The molecule has 0 saturated heterocycles. The second-order valence-corrected chi connectivity index (χ2v) is 8.70. The molecule has 0 spiro atoms. The molecule has 1 aliphatic heterocycles. The molecule has 2 aromatic carbocycles. The molecule has 0 atom stereocenters. The molecule has 0 amide bonds. The maximum absolute atomic E-state index is 12.3. The van der Waals surface area contributed by atoms with E-state index in [-0.39, 0.29) is 10.9 Å². The number of carbonyl (C=O) groups is 1. The van der Waals surface area contributed by atoms with Crippen molar-refractivity contribution in [1.82, 2.24) is 0 Å². The van der Waals surface area contributed by atoms with Crippen molar-refractivity contribution in [2.24, 2.45) is 0 Å². The average molecular weight is 417 g/mol. The van der Waals surface area contributed by atoms with Crippen molar-refractivity contribution in [3.05, 3.63) is 65.2 Å². The van der Waals surface area contributed by atoms with Crippen LogP contribution in [0.5, 0.6) is 0 Å². The van der Waals surface area contributed by atoms with Crippen LogP contribution in [0.3, 0.4) is 0 Å². The van der Waals surface area contributed by atoms with Gasteiger partial charge in [-0.15, -0.1) is 0 Å². The standard InChI is InChI=1S/C19H18O4S.C4H10O/c1-13-4-3-5-15(12-13)18-17(10-11-23-19(18)20)14-6-8-16(9-7-14)24(2,21)22;1-3-5-4-2/h3-9,12H,10-11H2,1-2H3;3-4H2,1-2H3. The molecule has 2 aromatic rings. The van der Waals surface area contributed by atoms with Crippen LogP contribution in [0.2, 0.25) is 0 Å². The second-order valence-electron chi connectivity index (χ2n) is 6.69. The van der Waals surface area contributed by atoms with Crippen LogP contribution in [0.15, 0.2) is 53.4 Å². The van der Waals surface area contributed by atoms with Gasteiger partial charge in [0.2, 0.25) is 0 Å². The van der Waals surface area contributed by atoms with Gasteiger partial charge < -0.3 is 9.47 Å². The van der Waals surface area contributed by atoms with E-state index in [9.17, 15) is 13.2 Å². The summed E-state index contributed by atoms with van der Waals surface area (Å²) in [5.74, 6) is -0.339. The molecular weight excluding hydrogens is 388 g/mol. The van der Waals surface area contributed by atoms with Crippen LogP contribution in [-0.4, -0.2) is 40.5 Å². The fraction of sp³-hybridized carbons (Fsp3) is 0.348. The van der Waals surface area contributed by atoms with Crippen LogP contribution in [0.25, 0.3) is 11.1 Å². The van der Waals surface area contributed by atoms with E-state index >= 15 is 0 Å². The molecule has 0 radical (unpaired) electrons. The molecule has 5 nitrogen and oxygen atoms in total. The molecule has 156 valence electrons. The van der Waals surface area contributed by atoms with Crippen molar-refractivity contribution in [3.8, 4) is 0 Å². The molecule has 0 bridgehead atoms. The zero-order chi connectivity index (χ0) is 21.4. The van der Waals surface area contributed by atoms with Crippen LogP contribution < -0.4 is 0 Å². The quantitative estimate of drug-likeness (QED) is 0.680. The van der Waals surface area contributed by atoms with Crippen LogP contribution in [0.1, 0.15) is 37.0 Å². The number of cyclic esters (lactones) is 1. The molecule has 29 heavy (non-hydrogen) atoms. The lowest BCUT2D eigenvalue weighted by molar-refractivity contribution is -0.136. The van der Waals surface area contributed by atoms with E-state index in [4.69, 9.17) is 9.47 Å². The van der Waals surface area contributed by atoms with Crippen molar-refractivity contribution in [2.75, 3.05) is 26.1 Å². The molecule has 0 saturated carbocycles. The maximum Gasteiger partial charge on any atom is 0.339 e. The third-order valence-electron chi connectivity index (χ3n) is 4.44. The lowest BCUT2D eigenvalue weighted by Crippen LogP contribution is -2.16. The van der Waals surface area contributed by atoms with Gasteiger partial charge in [0, 0.05) is 25.9 Å². The third-order valence-corrected chi connectivity index (χ3v) is 5.57. The van der Waals surface area contributed by atoms with Gasteiger partial charge in [0.15, 0.2) is 9.84 Å². The van der Waals surface area contributed by atoms with E-state index < -0.39 is 9.84 Å². The minimum atomic E-state index is -3.24. The summed E-state index contributed by atoms with van der Waals surface area (Å²) >= 11 is 0. The maximum atomic E-state index is 12.3.